The lowest BCUT2D eigenvalue weighted by Crippen LogP contribution is -2.29. The minimum Gasteiger partial charge on any atom is -0.496 e. The first-order valence-electron chi connectivity index (χ1n) is 6.48. The van der Waals surface area contributed by atoms with Gasteiger partial charge in [-0.1, -0.05) is 11.6 Å². The molecule has 1 aromatic rings. The lowest BCUT2D eigenvalue weighted by molar-refractivity contribution is 0.296. The number of methoxy groups -OCH3 is 1. The second kappa shape index (κ2) is 6.30. The predicted octanol–water partition coefficient (Wildman–Crippen LogP) is 2.87. The molecular weight excluding hydrogens is 250 g/mol. The number of benzene rings is 1. The first-order valence-corrected chi connectivity index (χ1v) is 6.86. The van der Waals surface area contributed by atoms with Crippen LogP contribution in [0.1, 0.15) is 24.8 Å². The smallest absolute Gasteiger partial charge is 0.124 e. The minimum atomic E-state index is 0.107. The predicted molar refractivity (Wildman–Crippen MR) is 74.9 cm³/mol. The van der Waals surface area contributed by atoms with Gasteiger partial charge in [0.05, 0.1) is 17.8 Å². The van der Waals surface area contributed by atoms with Crippen molar-refractivity contribution in [1.82, 2.24) is 0 Å². The van der Waals surface area contributed by atoms with E-state index in [0.717, 1.165) is 35.1 Å². The summed E-state index contributed by atoms with van der Waals surface area (Å²) in [6, 6.07) is 3.92. The van der Waals surface area contributed by atoms with Crippen LogP contribution in [0.5, 0.6) is 5.75 Å². The van der Waals surface area contributed by atoms with Crippen LogP contribution in [-0.4, -0.2) is 31.9 Å². The molecular formula is C14H20ClNO2. The van der Waals surface area contributed by atoms with Gasteiger partial charge >= 0.3 is 0 Å². The molecule has 0 atom stereocenters. The van der Waals surface area contributed by atoms with Gasteiger partial charge in [-0.15, -0.1) is 0 Å². The van der Waals surface area contributed by atoms with Gasteiger partial charge in [-0.3, -0.25) is 0 Å². The van der Waals surface area contributed by atoms with Crippen molar-refractivity contribution in [2.75, 3.05) is 31.7 Å². The number of halogens is 1. The van der Waals surface area contributed by atoms with Gasteiger partial charge in [0.2, 0.25) is 0 Å². The zero-order valence-corrected chi connectivity index (χ0v) is 11.5. The third-order valence-corrected chi connectivity index (χ3v) is 3.73. The average molecular weight is 270 g/mol. The highest BCUT2D eigenvalue weighted by Gasteiger charge is 2.16. The van der Waals surface area contributed by atoms with E-state index in [4.69, 9.17) is 21.4 Å². The number of piperidine rings is 1. The summed E-state index contributed by atoms with van der Waals surface area (Å²) in [6.07, 6.45) is 4.31. The van der Waals surface area contributed by atoms with E-state index in [1.165, 1.54) is 19.3 Å². The standard InChI is InChI=1S/C14H20ClNO2/c1-18-14-10-13(16-6-3-2-4-7-16)12(15)9-11(14)5-8-17/h9-10,17H,2-8H2,1H3. The lowest BCUT2D eigenvalue weighted by Gasteiger charge is -2.30. The largest absolute Gasteiger partial charge is 0.496 e. The zero-order chi connectivity index (χ0) is 13.0. The van der Waals surface area contributed by atoms with Gasteiger partial charge < -0.3 is 14.7 Å². The Morgan fingerprint density at radius 3 is 2.61 bits per heavy atom. The fourth-order valence-electron chi connectivity index (χ4n) is 2.47. The van der Waals surface area contributed by atoms with Gasteiger partial charge in [0.25, 0.3) is 0 Å². The van der Waals surface area contributed by atoms with Crippen LogP contribution >= 0.6 is 11.6 Å². The molecule has 0 aliphatic carbocycles. The van der Waals surface area contributed by atoms with Crippen molar-refractivity contribution in [3.63, 3.8) is 0 Å². The van der Waals surface area contributed by atoms with Crippen LogP contribution in [0.2, 0.25) is 5.02 Å². The van der Waals surface area contributed by atoms with Gasteiger partial charge in [-0.05, 0) is 37.3 Å². The first-order chi connectivity index (χ1) is 8.76. The molecule has 0 saturated carbocycles. The normalized spacial score (nSPS) is 15.8. The van der Waals surface area contributed by atoms with Crippen molar-refractivity contribution >= 4 is 17.3 Å². The number of hydrogen-bond donors (Lipinski definition) is 1. The fraction of sp³-hybridized carbons (Fsp3) is 0.571. The molecule has 1 saturated heterocycles. The molecule has 0 radical (unpaired) electrons. The van der Waals surface area contributed by atoms with E-state index in [9.17, 15) is 0 Å². The molecule has 1 fully saturated rings. The third kappa shape index (κ3) is 2.90. The first kappa shape index (κ1) is 13.5. The molecule has 4 heteroatoms. The molecule has 1 N–H and O–H groups in total. The molecule has 1 heterocycles. The van der Waals surface area contributed by atoms with Crippen LogP contribution < -0.4 is 9.64 Å². The monoisotopic (exact) mass is 269 g/mol. The summed E-state index contributed by atoms with van der Waals surface area (Å²) in [5, 5.41) is 9.79. The summed E-state index contributed by atoms with van der Waals surface area (Å²) in [6.45, 7) is 2.22. The Morgan fingerprint density at radius 2 is 2.00 bits per heavy atom. The summed E-state index contributed by atoms with van der Waals surface area (Å²) >= 11 is 6.35. The fourth-order valence-corrected chi connectivity index (χ4v) is 2.77. The van der Waals surface area contributed by atoms with Crippen LogP contribution in [-0.2, 0) is 6.42 Å². The van der Waals surface area contributed by atoms with Crippen LogP contribution in [0.4, 0.5) is 5.69 Å². The number of hydrogen-bond acceptors (Lipinski definition) is 3. The molecule has 0 aromatic heterocycles. The van der Waals surface area contributed by atoms with Gasteiger partial charge in [0.15, 0.2) is 0 Å². The molecule has 0 unspecified atom stereocenters. The van der Waals surface area contributed by atoms with E-state index in [0.29, 0.717) is 6.42 Å². The van der Waals surface area contributed by atoms with E-state index in [2.05, 4.69) is 4.90 Å². The third-order valence-electron chi connectivity index (χ3n) is 3.43. The maximum atomic E-state index is 9.04. The summed E-state index contributed by atoms with van der Waals surface area (Å²) in [7, 11) is 1.66. The van der Waals surface area contributed by atoms with E-state index in [-0.39, 0.29) is 6.61 Å². The molecule has 1 aliphatic rings. The Hall–Kier alpha value is -0.930. The average Bonchev–Trinajstić information content (AvgIpc) is 2.40. The van der Waals surface area contributed by atoms with Crippen molar-refractivity contribution in [2.45, 2.75) is 25.7 Å². The minimum absolute atomic E-state index is 0.107. The van der Waals surface area contributed by atoms with E-state index in [1.807, 2.05) is 12.1 Å². The summed E-state index contributed by atoms with van der Waals surface area (Å²) in [5.74, 6) is 0.814. The zero-order valence-electron chi connectivity index (χ0n) is 10.8. The Balaban J connectivity index is 2.29. The second-order valence-corrected chi connectivity index (χ2v) is 5.04. The quantitative estimate of drug-likeness (QED) is 0.912. The Bertz CT molecular complexity index is 403. The van der Waals surface area contributed by atoms with Gasteiger partial charge in [0.1, 0.15) is 5.75 Å². The summed E-state index contributed by atoms with van der Waals surface area (Å²) < 4.78 is 5.39. The van der Waals surface area contributed by atoms with E-state index < -0.39 is 0 Å². The van der Waals surface area contributed by atoms with Crippen LogP contribution in [0, 0.1) is 0 Å². The molecule has 3 nitrogen and oxygen atoms in total. The highest BCUT2D eigenvalue weighted by atomic mass is 35.5. The van der Waals surface area contributed by atoms with Crippen molar-refractivity contribution in [3.05, 3.63) is 22.7 Å². The maximum Gasteiger partial charge on any atom is 0.124 e. The number of anilines is 1. The van der Waals surface area contributed by atoms with Gasteiger partial charge in [-0.25, -0.2) is 0 Å². The van der Waals surface area contributed by atoms with Gasteiger partial charge in [0, 0.05) is 25.8 Å². The number of aliphatic hydroxyl groups excluding tert-OH is 1. The molecule has 1 aliphatic heterocycles. The lowest BCUT2D eigenvalue weighted by atomic mass is 10.1. The Morgan fingerprint density at radius 1 is 1.28 bits per heavy atom. The molecule has 0 bridgehead atoms. The number of nitrogens with zero attached hydrogens (tertiary/aromatic N) is 1. The highest BCUT2D eigenvalue weighted by molar-refractivity contribution is 6.33. The summed E-state index contributed by atoms with van der Waals surface area (Å²) in [5.41, 5.74) is 2.01. The van der Waals surface area contributed by atoms with Crippen molar-refractivity contribution in [2.24, 2.45) is 0 Å². The van der Waals surface area contributed by atoms with E-state index in [1.54, 1.807) is 7.11 Å². The van der Waals surface area contributed by atoms with Crippen LogP contribution in [0.3, 0.4) is 0 Å². The number of ether oxygens (including phenoxy) is 1. The Labute approximate surface area is 113 Å². The van der Waals surface area contributed by atoms with Crippen LogP contribution in [0.25, 0.3) is 0 Å². The Kier molecular flexibility index (Phi) is 4.72. The van der Waals surface area contributed by atoms with Gasteiger partial charge in [-0.2, -0.15) is 0 Å². The molecule has 2 rings (SSSR count). The molecule has 18 heavy (non-hydrogen) atoms. The SMILES string of the molecule is COc1cc(N2CCCCC2)c(Cl)cc1CCO. The van der Waals surface area contributed by atoms with Crippen molar-refractivity contribution in [1.29, 1.82) is 0 Å². The molecule has 0 spiro atoms. The van der Waals surface area contributed by atoms with Crippen molar-refractivity contribution in [3.8, 4) is 5.75 Å². The maximum absolute atomic E-state index is 9.04. The molecule has 100 valence electrons. The van der Waals surface area contributed by atoms with E-state index >= 15 is 0 Å². The number of aliphatic hydroxyl groups is 1. The topological polar surface area (TPSA) is 32.7 Å². The summed E-state index contributed by atoms with van der Waals surface area (Å²) in [4.78, 5) is 2.32. The number of rotatable bonds is 4. The van der Waals surface area contributed by atoms with Crippen molar-refractivity contribution < 1.29 is 9.84 Å². The highest BCUT2D eigenvalue weighted by Crippen LogP contribution is 2.35. The molecule has 1 aromatic carbocycles. The second-order valence-electron chi connectivity index (χ2n) is 4.64. The van der Waals surface area contributed by atoms with Crippen LogP contribution in [0.15, 0.2) is 12.1 Å². The molecule has 0 amide bonds.